The Hall–Kier alpha value is 0.162. The minimum absolute atomic E-state index is 0.101. The largest absolute Gasteiger partial charge is 0.409 e. The second kappa shape index (κ2) is 5.04. The fraction of sp³-hybridized carbons (Fsp3) is 1.00. The number of hydrogen-bond donors (Lipinski definition) is 1. The quantitative estimate of drug-likeness (QED) is 0.783. The summed E-state index contributed by atoms with van der Waals surface area (Å²) in [4.78, 5) is 0. The Kier molecular flexibility index (Phi) is 4.03. The Morgan fingerprint density at radius 2 is 2.06 bits per heavy atom. The molecule has 0 bridgehead atoms. The van der Waals surface area contributed by atoms with Crippen LogP contribution >= 0.6 is 0 Å². The summed E-state index contributed by atoms with van der Waals surface area (Å²) in [6, 6.07) is -0.501. The highest BCUT2D eigenvalue weighted by Gasteiger charge is 2.47. The van der Waals surface area contributed by atoms with E-state index in [1.165, 1.54) is 0 Å². The summed E-state index contributed by atoms with van der Waals surface area (Å²) in [7, 11) is 4.04. The first-order valence-electron chi connectivity index (χ1n) is 6.75. The lowest BCUT2D eigenvalue weighted by Crippen LogP contribution is -2.49. The lowest BCUT2D eigenvalue weighted by molar-refractivity contribution is 0.0231. The Labute approximate surface area is 109 Å². The third kappa shape index (κ3) is 3.13. The lowest BCUT2D eigenvalue weighted by atomic mass is 9.93. The molecule has 98 valence electrons. The van der Waals surface area contributed by atoms with Crippen molar-refractivity contribution in [3.63, 3.8) is 0 Å². The number of aliphatic hydroxyl groups excluding tert-OH is 1. The zero-order chi connectivity index (χ0) is 14.1. The van der Waals surface area contributed by atoms with Gasteiger partial charge in [-0.2, -0.15) is 0 Å². The van der Waals surface area contributed by atoms with Crippen LogP contribution < -0.4 is 0 Å². The maximum absolute atomic E-state index is 7.22. The molecule has 1 N–H and O–H groups in total. The van der Waals surface area contributed by atoms with Gasteiger partial charge in [0, 0.05) is 6.00 Å². The fourth-order valence-corrected chi connectivity index (χ4v) is 3.04. The Morgan fingerprint density at radius 1 is 1.47 bits per heavy atom. The Morgan fingerprint density at radius 3 is 2.47 bits per heavy atom. The van der Waals surface area contributed by atoms with Gasteiger partial charge in [0.2, 0.25) is 1.43 Å². The van der Waals surface area contributed by atoms with E-state index in [0.29, 0.717) is 0 Å². The zero-order valence-corrected chi connectivity index (χ0v) is 12.8. The molecule has 0 saturated carbocycles. The van der Waals surface area contributed by atoms with Crippen LogP contribution in [0.2, 0.25) is 18.1 Å². The molecule has 0 aromatic heterocycles. The van der Waals surface area contributed by atoms with E-state index in [0.717, 1.165) is 6.42 Å². The standard InChI is InChI=1S/C12H25BO3Si/c1-7-8-9(14)10(11(13)15-8)16-17(5,6)12(2,3)4/h8-11,14H,7H2,1-6H3/t8-,9?,10+,11-/m1/s1/i14D. The summed E-state index contributed by atoms with van der Waals surface area (Å²) in [6.07, 6.45) is -0.103. The van der Waals surface area contributed by atoms with E-state index in [1.807, 2.05) is 6.92 Å². The van der Waals surface area contributed by atoms with E-state index in [-0.39, 0.29) is 23.4 Å². The number of hydrogen-bond acceptors (Lipinski definition) is 3. The maximum Gasteiger partial charge on any atom is 0.211 e. The van der Waals surface area contributed by atoms with Crippen LogP contribution in [0.15, 0.2) is 0 Å². The van der Waals surface area contributed by atoms with Crippen LogP contribution in [-0.4, -0.2) is 47.0 Å². The second-order valence-electron chi connectivity index (χ2n) is 6.35. The van der Waals surface area contributed by atoms with Gasteiger partial charge in [-0.3, -0.25) is 0 Å². The average molecular weight is 257 g/mol. The van der Waals surface area contributed by atoms with Gasteiger partial charge in [0.25, 0.3) is 0 Å². The van der Waals surface area contributed by atoms with Crippen molar-refractivity contribution in [3.05, 3.63) is 0 Å². The highest BCUT2D eigenvalue weighted by atomic mass is 28.4. The molecule has 5 heteroatoms. The monoisotopic (exact) mass is 257 g/mol. The van der Waals surface area contributed by atoms with Crippen molar-refractivity contribution in [2.24, 2.45) is 0 Å². The molecule has 1 heterocycles. The molecule has 1 rings (SSSR count). The molecule has 1 aliphatic heterocycles. The van der Waals surface area contributed by atoms with E-state index in [9.17, 15) is 0 Å². The molecule has 1 fully saturated rings. The van der Waals surface area contributed by atoms with Crippen LogP contribution in [0, 0.1) is 0 Å². The first-order valence-corrected chi connectivity index (χ1v) is 9.25. The maximum atomic E-state index is 7.22. The number of rotatable bonds is 4. The SMILES string of the molecule is [2H]OC1[C@@H](CC)O[C@@H]([B])[C@H]1O[Si](C)(C)C(C)(C)C. The van der Waals surface area contributed by atoms with Gasteiger partial charge >= 0.3 is 0 Å². The molecular weight excluding hydrogens is 231 g/mol. The molecule has 0 spiro atoms. The smallest absolute Gasteiger partial charge is 0.211 e. The lowest BCUT2D eigenvalue weighted by Gasteiger charge is -2.39. The molecule has 0 aliphatic carbocycles. The van der Waals surface area contributed by atoms with Crippen molar-refractivity contribution in [3.8, 4) is 0 Å². The van der Waals surface area contributed by atoms with Crippen LogP contribution in [0.25, 0.3) is 0 Å². The van der Waals surface area contributed by atoms with E-state index in [2.05, 4.69) is 33.9 Å². The summed E-state index contributed by atoms with van der Waals surface area (Å²) < 4.78 is 19.1. The molecule has 17 heavy (non-hydrogen) atoms. The van der Waals surface area contributed by atoms with E-state index < -0.39 is 14.3 Å². The van der Waals surface area contributed by atoms with Crippen LogP contribution in [0.4, 0.5) is 0 Å². The fourth-order valence-electron chi connectivity index (χ4n) is 1.73. The molecule has 1 unspecified atom stereocenters. The molecule has 3 nitrogen and oxygen atoms in total. The van der Waals surface area contributed by atoms with Crippen molar-refractivity contribution >= 4 is 16.2 Å². The summed E-state index contributed by atoms with van der Waals surface area (Å²) >= 11 is 0. The van der Waals surface area contributed by atoms with E-state index in [1.54, 1.807) is 0 Å². The predicted octanol–water partition coefficient (Wildman–Crippen LogP) is 2.04. The molecule has 1 saturated heterocycles. The topological polar surface area (TPSA) is 38.7 Å². The molecule has 1 aliphatic rings. The highest BCUT2D eigenvalue weighted by molar-refractivity contribution is 6.74. The molecule has 0 aromatic carbocycles. The van der Waals surface area contributed by atoms with Crippen molar-refractivity contribution in [1.29, 1.82) is 1.43 Å². The van der Waals surface area contributed by atoms with Crippen molar-refractivity contribution in [2.45, 2.75) is 76.6 Å². The van der Waals surface area contributed by atoms with Crippen LogP contribution in [-0.2, 0) is 9.16 Å². The van der Waals surface area contributed by atoms with Crippen molar-refractivity contribution in [2.75, 3.05) is 0 Å². The molecule has 2 radical (unpaired) electrons. The number of ether oxygens (including phenoxy) is 1. The van der Waals surface area contributed by atoms with Gasteiger partial charge in [-0.15, -0.1) is 0 Å². The third-order valence-corrected chi connectivity index (χ3v) is 8.46. The summed E-state index contributed by atoms with van der Waals surface area (Å²) in [6.45, 7) is 12.9. The highest BCUT2D eigenvalue weighted by Crippen LogP contribution is 2.39. The molecule has 0 aromatic rings. The normalized spacial score (nSPS) is 36.0. The molecule has 0 amide bonds. The summed E-state index contributed by atoms with van der Waals surface area (Å²) in [5, 5.41) is 4.90. The van der Waals surface area contributed by atoms with Gasteiger partial charge in [0.05, 0.1) is 12.2 Å². The van der Waals surface area contributed by atoms with Gasteiger partial charge in [-0.05, 0) is 24.6 Å². The Balaban J connectivity index is 2.82. The third-order valence-electron chi connectivity index (χ3n) is 3.99. The summed E-state index contributed by atoms with van der Waals surface area (Å²) in [5.41, 5.74) is 0. The van der Waals surface area contributed by atoms with Crippen LogP contribution in [0.5, 0.6) is 0 Å². The molecule has 4 atom stereocenters. The first-order chi connectivity index (χ1) is 8.14. The first kappa shape index (κ1) is 13.6. The van der Waals surface area contributed by atoms with Crippen LogP contribution in [0.3, 0.4) is 0 Å². The Bertz CT molecular complexity index is 283. The second-order valence-corrected chi connectivity index (χ2v) is 11.1. The molecular formula is C12H25BO3Si. The van der Waals surface area contributed by atoms with Gasteiger partial charge < -0.3 is 14.3 Å². The number of aliphatic hydroxyl groups is 1. The zero-order valence-electron chi connectivity index (χ0n) is 12.8. The van der Waals surface area contributed by atoms with Crippen molar-refractivity contribution in [1.82, 2.24) is 0 Å². The minimum atomic E-state index is -1.94. The van der Waals surface area contributed by atoms with E-state index >= 15 is 0 Å². The van der Waals surface area contributed by atoms with Gasteiger partial charge in [-0.25, -0.2) is 0 Å². The van der Waals surface area contributed by atoms with E-state index in [4.69, 9.17) is 23.5 Å². The van der Waals surface area contributed by atoms with Gasteiger partial charge in [-0.1, -0.05) is 27.7 Å². The van der Waals surface area contributed by atoms with Crippen LogP contribution in [0.1, 0.15) is 34.1 Å². The predicted molar refractivity (Wildman–Crippen MR) is 72.8 cm³/mol. The van der Waals surface area contributed by atoms with Gasteiger partial charge in [0.15, 0.2) is 8.32 Å². The minimum Gasteiger partial charge on any atom is -0.409 e. The average Bonchev–Trinajstić information content (AvgIpc) is 2.53. The van der Waals surface area contributed by atoms with Gasteiger partial charge in [0.1, 0.15) is 14.0 Å². The van der Waals surface area contributed by atoms with Crippen molar-refractivity contribution < 1.29 is 14.3 Å². The summed E-state index contributed by atoms with van der Waals surface area (Å²) in [5.74, 6) is 0.